The molecule has 0 aliphatic rings. The van der Waals surface area contributed by atoms with E-state index in [0.29, 0.717) is 16.6 Å². The summed E-state index contributed by atoms with van der Waals surface area (Å²) in [7, 11) is -1.85. The first-order chi connectivity index (χ1) is 11.7. The smallest absolute Gasteiger partial charge is 0.307 e. The highest BCUT2D eigenvalue weighted by molar-refractivity contribution is 6.82. The van der Waals surface area contributed by atoms with Crippen molar-refractivity contribution in [3.8, 4) is 0 Å². The van der Waals surface area contributed by atoms with Crippen LogP contribution < -0.4 is 0 Å². The van der Waals surface area contributed by atoms with E-state index in [0.717, 1.165) is 16.6 Å². The number of carbonyl (C=O) groups is 1. The van der Waals surface area contributed by atoms with Crippen LogP contribution in [-0.4, -0.2) is 28.5 Å². The van der Waals surface area contributed by atoms with Gasteiger partial charge in [-0.25, -0.2) is 4.98 Å². The Balaban J connectivity index is 2.64. The van der Waals surface area contributed by atoms with Gasteiger partial charge in [0.25, 0.3) is 0 Å². The number of aromatic nitrogens is 2. The standard InChI is InChI=1S/C20H30N2O2Si/c1-14(2)25(15(3)4,16(5)6)22-13-11-18-17(8-7-9-19(23)24)10-12-21-20(18)22/h7-8,10-16H,9H2,1-6H3,(H,23,24). The minimum absolute atomic E-state index is 0.0349. The largest absolute Gasteiger partial charge is 0.481 e. The molecule has 0 saturated heterocycles. The van der Waals surface area contributed by atoms with Gasteiger partial charge in [0.2, 0.25) is 0 Å². The molecule has 0 radical (unpaired) electrons. The highest BCUT2D eigenvalue weighted by Gasteiger charge is 2.45. The number of pyridine rings is 1. The first kappa shape index (κ1) is 19.4. The van der Waals surface area contributed by atoms with Gasteiger partial charge in [-0.3, -0.25) is 4.79 Å². The van der Waals surface area contributed by atoms with Crippen molar-refractivity contribution in [3.05, 3.63) is 36.2 Å². The molecule has 1 N–H and O–H groups in total. The number of aliphatic carboxylic acids is 1. The number of carboxylic acids is 1. The first-order valence-corrected chi connectivity index (χ1v) is 11.3. The second kappa shape index (κ2) is 7.56. The Bertz CT molecular complexity index is 753. The predicted octanol–water partition coefficient (Wildman–Crippen LogP) is 5.55. The lowest BCUT2D eigenvalue weighted by molar-refractivity contribution is -0.135. The molecular weight excluding hydrogens is 328 g/mol. The van der Waals surface area contributed by atoms with Crippen LogP contribution in [-0.2, 0) is 4.79 Å². The van der Waals surface area contributed by atoms with Crippen molar-refractivity contribution >= 4 is 31.3 Å². The van der Waals surface area contributed by atoms with Crippen LogP contribution in [0.3, 0.4) is 0 Å². The van der Waals surface area contributed by atoms with Crippen molar-refractivity contribution in [2.24, 2.45) is 0 Å². The van der Waals surface area contributed by atoms with Gasteiger partial charge in [0, 0.05) is 11.6 Å². The van der Waals surface area contributed by atoms with Crippen molar-refractivity contribution in [1.82, 2.24) is 9.22 Å². The molecule has 5 heteroatoms. The predicted molar refractivity (Wildman–Crippen MR) is 107 cm³/mol. The number of fused-ring (bicyclic) bond motifs is 1. The molecule has 0 amide bonds. The van der Waals surface area contributed by atoms with Crippen molar-refractivity contribution in [3.63, 3.8) is 0 Å². The van der Waals surface area contributed by atoms with Crippen LogP contribution in [0.4, 0.5) is 0 Å². The van der Waals surface area contributed by atoms with Crippen LogP contribution in [0.5, 0.6) is 0 Å². The van der Waals surface area contributed by atoms with Crippen molar-refractivity contribution in [1.29, 1.82) is 0 Å². The lowest BCUT2D eigenvalue weighted by Gasteiger charge is -2.44. The maximum atomic E-state index is 10.8. The summed E-state index contributed by atoms with van der Waals surface area (Å²) in [6.07, 6.45) is 7.67. The Morgan fingerprint density at radius 1 is 1.16 bits per heavy atom. The molecule has 0 fully saturated rings. The summed E-state index contributed by atoms with van der Waals surface area (Å²) in [6, 6.07) is 4.09. The van der Waals surface area contributed by atoms with Crippen LogP contribution >= 0.6 is 0 Å². The number of hydrogen-bond acceptors (Lipinski definition) is 2. The lowest BCUT2D eigenvalue weighted by atomic mass is 10.1. The highest BCUT2D eigenvalue weighted by atomic mass is 28.3. The summed E-state index contributed by atoms with van der Waals surface area (Å²) >= 11 is 0. The van der Waals surface area contributed by atoms with E-state index >= 15 is 0 Å². The zero-order valence-electron chi connectivity index (χ0n) is 16.2. The molecule has 2 aromatic rings. The van der Waals surface area contributed by atoms with E-state index < -0.39 is 14.2 Å². The maximum Gasteiger partial charge on any atom is 0.307 e. The average Bonchev–Trinajstić information content (AvgIpc) is 2.92. The summed E-state index contributed by atoms with van der Waals surface area (Å²) in [5.74, 6) is -0.815. The topological polar surface area (TPSA) is 55.1 Å². The highest BCUT2D eigenvalue weighted by Crippen LogP contribution is 2.44. The fraction of sp³-hybridized carbons (Fsp3) is 0.500. The molecule has 25 heavy (non-hydrogen) atoms. The molecule has 0 aromatic carbocycles. The van der Waals surface area contributed by atoms with Gasteiger partial charge in [-0.05, 0) is 40.5 Å². The zero-order valence-corrected chi connectivity index (χ0v) is 17.2. The molecule has 0 spiro atoms. The second-order valence-corrected chi connectivity index (χ2v) is 13.4. The number of rotatable bonds is 7. The van der Waals surface area contributed by atoms with Crippen molar-refractivity contribution in [2.75, 3.05) is 0 Å². The van der Waals surface area contributed by atoms with Gasteiger partial charge in [0.05, 0.1) is 6.42 Å². The van der Waals surface area contributed by atoms with Crippen LogP contribution in [0.1, 0.15) is 53.5 Å². The Morgan fingerprint density at radius 3 is 2.28 bits per heavy atom. The van der Waals surface area contributed by atoms with Gasteiger partial charge in [0.1, 0.15) is 5.65 Å². The van der Waals surface area contributed by atoms with Crippen LogP contribution in [0, 0.1) is 0 Å². The number of carboxylic acid groups (broad SMARTS) is 1. The van der Waals surface area contributed by atoms with E-state index in [4.69, 9.17) is 10.1 Å². The Hall–Kier alpha value is -1.88. The van der Waals surface area contributed by atoms with E-state index in [1.54, 1.807) is 6.08 Å². The fourth-order valence-electron chi connectivity index (χ4n) is 4.64. The summed E-state index contributed by atoms with van der Waals surface area (Å²) < 4.78 is 2.48. The van der Waals surface area contributed by atoms with Crippen LogP contribution in [0.25, 0.3) is 17.1 Å². The molecule has 0 aliphatic heterocycles. The van der Waals surface area contributed by atoms with Gasteiger partial charge in [-0.2, -0.15) is 0 Å². The second-order valence-electron chi connectivity index (χ2n) is 7.67. The SMILES string of the molecule is CC(C)[Si](C(C)C)(C(C)C)n1ccc2c(C=CCC(=O)O)ccnc21. The maximum absolute atomic E-state index is 10.8. The molecule has 0 aliphatic carbocycles. The van der Waals surface area contributed by atoms with Crippen LogP contribution in [0.2, 0.25) is 16.6 Å². The van der Waals surface area contributed by atoms with Crippen molar-refractivity contribution in [2.45, 2.75) is 64.6 Å². The molecule has 0 unspecified atom stereocenters. The summed E-state index contributed by atoms with van der Waals surface area (Å²) in [5.41, 5.74) is 3.84. The Labute approximate surface area is 151 Å². The van der Waals surface area contributed by atoms with E-state index in [-0.39, 0.29) is 6.42 Å². The summed E-state index contributed by atoms with van der Waals surface area (Å²) in [4.78, 5) is 15.5. The quantitative estimate of drug-likeness (QED) is 0.660. The molecule has 2 aromatic heterocycles. The zero-order chi connectivity index (χ0) is 18.8. The van der Waals surface area contributed by atoms with E-state index in [1.807, 2.05) is 18.3 Å². The van der Waals surface area contributed by atoms with Gasteiger partial charge < -0.3 is 9.34 Å². The number of nitrogens with zero attached hydrogens (tertiary/aromatic N) is 2. The molecular formula is C20H30N2O2Si. The fourth-order valence-corrected chi connectivity index (χ4v) is 11.2. The Kier molecular flexibility index (Phi) is 5.88. The van der Waals surface area contributed by atoms with Gasteiger partial charge >= 0.3 is 5.97 Å². The minimum Gasteiger partial charge on any atom is -0.481 e. The summed E-state index contributed by atoms with van der Waals surface area (Å²) in [5, 5.41) is 9.94. The van der Waals surface area contributed by atoms with Crippen molar-refractivity contribution < 1.29 is 9.90 Å². The van der Waals surface area contributed by atoms with E-state index in [2.05, 4.69) is 58.0 Å². The van der Waals surface area contributed by atoms with Gasteiger partial charge in [-0.1, -0.05) is 53.7 Å². The molecule has 4 nitrogen and oxygen atoms in total. The summed E-state index contributed by atoms with van der Waals surface area (Å²) in [6.45, 7) is 14.1. The van der Waals surface area contributed by atoms with E-state index in [1.165, 1.54) is 0 Å². The Morgan fingerprint density at radius 2 is 1.76 bits per heavy atom. The minimum atomic E-state index is -1.85. The van der Waals surface area contributed by atoms with Gasteiger partial charge in [0.15, 0.2) is 8.24 Å². The monoisotopic (exact) mass is 358 g/mol. The third-order valence-corrected chi connectivity index (χ3v) is 12.1. The third kappa shape index (κ3) is 3.43. The third-order valence-electron chi connectivity index (χ3n) is 5.40. The molecule has 0 saturated carbocycles. The first-order valence-electron chi connectivity index (χ1n) is 9.07. The average molecular weight is 359 g/mol. The molecule has 0 atom stereocenters. The van der Waals surface area contributed by atoms with E-state index in [9.17, 15) is 4.79 Å². The molecule has 0 bridgehead atoms. The molecule has 2 heterocycles. The number of hydrogen-bond donors (Lipinski definition) is 1. The lowest BCUT2D eigenvalue weighted by Crippen LogP contribution is -2.51. The van der Waals surface area contributed by atoms with Crippen LogP contribution in [0.15, 0.2) is 30.6 Å². The molecule has 136 valence electrons. The molecule has 2 rings (SSSR count). The van der Waals surface area contributed by atoms with Gasteiger partial charge in [-0.15, -0.1) is 0 Å². The normalized spacial score (nSPS) is 13.0.